The van der Waals surface area contributed by atoms with Crippen molar-refractivity contribution in [3.63, 3.8) is 0 Å². The van der Waals surface area contributed by atoms with Crippen LogP contribution in [0.3, 0.4) is 0 Å². The first-order chi connectivity index (χ1) is 18.0. The van der Waals surface area contributed by atoms with Gasteiger partial charge in [0.05, 0.1) is 12.8 Å². The van der Waals surface area contributed by atoms with Gasteiger partial charge in [0.15, 0.2) is 12.4 Å². The molecular weight excluding hydrogens is 485 g/mol. The minimum atomic E-state index is -1.38. The fourth-order valence-corrected chi connectivity index (χ4v) is 4.49. The fraction of sp³-hybridized carbons (Fsp3) is 0.375. The van der Waals surface area contributed by atoms with Crippen LogP contribution in [0.25, 0.3) is 21.7 Å². The number of amides is 1. The number of aromatic nitrogens is 3. The highest BCUT2D eigenvalue weighted by molar-refractivity contribution is 5.81. The van der Waals surface area contributed by atoms with Gasteiger partial charge in [0.25, 0.3) is 5.91 Å². The molecule has 1 unspecified atom stereocenters. The number of aliphatic hydroxyl groups excluding tert-OH is 1. The number of rotatable bonds is 7. The average molecular weight is 509 g/mol. The number of halogens is 1. The van der Waals surface area contributed by atoms with E-state index in [0.29, 0.717) is 11.3 Å². The highest BCUT2D eigenvalue weighted by Gasteiger charge is 2.52. The number of benzene rings is 2. The number of carbonyl (C=O) groups excluding carboxylic acids is 1. The normalized spacial score (nSPS) is 27.1. The number of carbonyl (C=O) groups is 1. The summed E-state index contributed by atoms with van der Waals surface area (Å²) in [6.45, 7) is 0.220. The van der Waals surface area contributed by atoms with E-state index in [1.54, 1.807) is 18.3 Å². The Morgan fingerprint density at radius 1 is 1.24 bits per heavy atom. The Labute approximate surface area is 210 Å². The molecule has 2 aliphatic heterocycles. The predicted molar refractivity (Wildman–Crippen MR) is 126 cm³/mol. The molecule has 2 N–H and O–H groups in total. The maximum atomic E-state index is 13.8. The Hall–Kier alpha value is -3.87. The van der Waals surface area contributed by atoms with E-state index in [-0.39, 0.29) is 19.7 Å². The molecule has 3 aromatic rings. The van der Waals surface area contributed by atoms with E-state index in [0.717, 1.165) is 5.56 Å². The van der Waals surface area contributed by atoms with Gasteiger partial charge in [-0.25, -0.2) is 9.07 Å². The van der Waals surface area contributed by atoms with Gasteiger partial charge in [0.2, 0.25) is 0 Å². The first-order valence-electron chi connectivity index (χ1n) is 11.7. The van der Waals surface area contributed by atoms with Crippen LogP contribution in [0, 0.1) is 5.82 Å². The number of nitrogens with zero attached hydrogens (tertiary/aromatic N) is 6. The van der Waals surface area contributed by atoms with E-state index in [4.69, 9.17) is 19.7 Å². The number of ether oxygens (including phenoxy) is 3. The summed E-state index contributed by atoms with van der Waals surface area (Å²) < 4.78 is 33.3. The Balaban J connectivity index is 1.44. The van der Waals surface area contributed by atoms with Gasteiger partial charge < -0.3 is 24.6 Å². The number of hydrogen-bond acceptors (Lipinski definition) is 8. The topological polar surface area (TPSA) is 156 Å². The molecule has 0 saturated carbocycles. The Kier molecular flexibility index (Phi) is 7.40. The van der Waals surface area contributed by atoms with E-state index in [1.165, 1.54) is 16.8 Å². The number of hydrogen-bond donors (Lipinski definition) is 2. The molecule has 13 heteroatoms. The van der Waals surface area contributed by atoms with Crippen LogP contribution in [-0.4, -0.2) is 70.1 Å². The Morgan fingerprint density at radius 3 is 2.86 bits per heavy atom. The van der Waals surface area contributed by atoms with Crippen LogP contribution >= 0.6 is 0 Å². The maximum Gasteiger partial charge on any atom is 0.251 e. The van der Waals surface area contributed by atoms with Crippen LogP contribution in [0.4, 0.5) is 4.39 Å². The van der Waals surface area contributed by atoms with E-state index < -0.39 is 48.5 Å². The van der Waals surface area contributed by atoms with E-state index >= 15 is 0 Å². The largest absolute Gasteiger partial charge is 0.387 e. The van der Waals surface area contributed by atoms with Crippen molar-refractivity contribution in [2.45, 2.75) is 36.7 Å². The zero-order valence-corrected chi connectivity index (χ0v) is 19.5. The molecule has 1 amide bonds. The van der Waals surface area contributed by atoms with Gasteiger partial charge in [-0.05, 0) is 17.7 Å². The molecule has 0 aliphatic carbocycles. The molecule has 37 heavy (non-hydrogen) atoms. The van der Waals surface area contributed by atoms with Crippen LogP contribution in [0.1, 0.15) is 17.9 Å². The Morgan fingerprint density at radius 2 is 2.08 bits per heavy atom. The van der Waals surface area contributed by atoms with E-state index in [2.05, 4.69) is 25.7 Å². The van der Waals surface area contributed by atoms with Crippen molar-refractivity contribution < 1.29 is 28.5 Å². The van der Waals surface area contributed by atoms with Gasteiger partial charge in [-0.2, -0.15) is 0 Å². The van der Waals surface area contributed by atoms with E-state index in [9.17, 15) is 14.3 Å². The lowest BCUT2D eigenvalue weighted by atomic mass is 9.91. The standard InChI is InChI=1S/C24H24FN7O5/c25-16-8-4-7-15(11-16)17-12-32(31-29-17)19-20(33)22(23(34)27-9-10-28-30-26)36-18-13-35-24(37-21(18)19)14-5-2-1-3-6-14/h1-8,11-12,18-22,24,33H,9-10,13H2,(H,27,34)/t18-,19-,20-,21+,22-,24?/m1/s1. The first-order valence-corrected chi connectivity index (χ1v) is 11.7. The second-order valence-electron chi connectivity index (χ2n) is 8.59. The van der Waals surface area contributed by atoms with Gasteiger partial charge in [-0.3, -0.25) is 4.79 Å². The summed E-state index contributed by atoms with van der Waals surface area (Å²) in [5.74, 6) is -1.01. The molecule has 0 spiro atoms. The molecule has 0 radical (unpaired) electrons. The highest BCUT2D eigenvalue weighted by Crippen LogP contribution is 2.39. The molecule has 2 aromatic carbocycles. The molecule has 6 atom stereocenters. The van der Waals surface area contributed by atoms with Crippen molar-refractivity contribution in [1.82, 2.24) is 20.3 Å². The van der Waals surface area contributed by atoms with Crippen LogP contribution in [0.15, 0.2) is 65.9 Å². The predicted octanol–water partition coefficient (Wildman–Crippen LogP) is 2.29. The Bertz CT molecular complexity index is 1290. The van der Waals surface area contributed by atoms with Crippen LogP contribution in [0.5, 0.6) is 0 Å². The minimum absolute atomic E-state index is 0.0472. The zero-order chi connectivity index (χ0) is 25.8. The van der Waals surface area contributed by atoms with Crippen molar-refractivity contribution in [3.8, 4) is 11.3 Å². The summed E-state index contributed by atoms with van der Waals surface area (Å²) in [6, 6.07) is 14.3. The van der Waals surface area contributed by atoms with Crippen molar-refractivity contribution in [2.75, 3.05) is 19.7 Å². The third-order valence-electron chi connectivity index (χ3n) is 6.22. The third-order valence-corrected chi connectivity index (χ3v) is 6.22. The molecule has 0 bridgehead atoms. The summed E-state index contributed by atoms with van der Waals surface area (Å²) in [5, 5.41) is 25.7. The lowest BCUT2D eigenvalue weighted by molar-refractivity contribution is -0.312. The van der Waals surface area contributed by atoms with Gasteiger partial charge >= 0.3 is 0 Å². The number of aliphatic hydroxyl groups is 1. The molecule has 192 valence electrons. The number of azide groups is 1. The van der Waals surface area contributed by atoms with Crippen LogP contribution in [0.2, 0.25) is 0 Å². The van der Waals surface area contributed by atoms with Crippen molar-refractivity contribution in [2.24, 2.45) is 5.11 Å². The molecule has 2 fully saturated rings. The van der Waals surface area contributed by atoms with Crippen LogP contribution < -0.4 is 5.32 Å². The zero-order valence-electron chi connectivity index (χ0n) is 19.5. The minimum Gasteiger partial charge on any atom is -0.387 e. The quantitative estimate of drug-likeness (QED) is 0.214. The third kappa shape index (κ3) is 5.31. The molecule has 3 heterocycles. The van der Waals surface area contributed by atoms with Gasteiger partial charge in [-0.15, -0.1) is 5.10 Å². The van der Waals surface area contributed by atoms with E-state index in [1.807, 2.05) is 30.3 Å². The summed E-state index contributed by atoms with van der Waals surface area (Å²) in [6.07, 6.45) is -3.26. The molecule has 12 nitrogen and oxygen atoms in total. The molecule has 2 saturated heterocycles. The monoisotopic (exact) mass is 509 g/mol. The second-order valence-corrected chi connectivity index (χ2v) is 8.59. The second kappa shape index (κ2) is 11.0. The maximum absolute atomic E-state index is 13.8. The molecule has 2 aliphatic rings. The molecule has 1 aromatic heterocycles. The summed E-state index contributed by atoms with van der Waals surface area (Å²) in [7, 11) is 0. The van der Waals surface area contributed by atoms with Crippen molar-refractivity contribution >= 4 is 5.91 Å². The summed E-state index contributed by atoms with van der Waals surface area (Å²) in [5.41, 5.74) is 10.1. The van der Waals surface area contributed by atoms with Crippen molar-refractivity contribution in [1.29, 1.82) is 0 Å². The molecule has 5 rings (SSSR count). The van der Waals surface area contributed by atoms with Gasteiger partial charge in [0.1, 0.15) is 35.9 Å². The van der Waals surface area contributed by atoms with Gasteiger partial charge in [-0.1, -0.05) is 52.8 Å². The molecular formula is C24H24FN7O5. The summed E-state index contributed by atoms with van der Waals surface area (Å²) >= 11 is 0. The lowest BCUT2D eigenvalue weighted by Gasteiger charge is -2.47. The van der Waals surface area contributed by atoms with Gasteiger partial charge in [0, 0.05) is 29.1 Å². The smallest absolute Gasteiger partial charge is 0.251 e. The highest BCUT2D eigenvalue weighted by atomic mass is 19.1. The number of fused-ring (bicyclic) bond motifs is 1. The SMILES string of the molecule is [N-]=[N+]=NCCNC(=O)[C@@H]1O[C@@H]2COC(c3ccccc3)O[C@@H]2[C@H](n2cc(-c3cccc(F)c3)nn2)[C@H]1O. The first kappa shape index (κ1) is 24.8. The van der Waals surface area contributed by atoms with Crippen LogP contribution in [-0.2, 0) is 19.0 Å². The number of nitrogens with one attached hydrogen (secondary N) is 1. The van der Waals surface area contributed by atoms with Crippen molar-refractivity contribution in [3.05, 3.63) is 82.6 Å². The fourth-order valence-electron chi connectivity index (χ4n) is 4.49. The summed E-state index contributed by atoms with van der Waals surface area (Å²) in [4.78, 5) is 15.5. The lowest BCUT2D eigenvalue weighted by Crippen LogP contribution is -2.62. The average Bonchev–Trinajstić information content (AvgIpc) is 3.41.